The largest absolute Gasteiger partial charge is 0.381 e. The van der Waals surface area contributed by atoms with Crippen LogP contribution in [0.3, 0.4) is 0 Å². The highest BCUT2D eigenvalue weighted by Gasteiger charge is 2.08. The van der Waals surface area contributed by atoms with E-state index in [1.165, 1.54) is 16.7 Å². The van der Waals surface area contributed by atoms with Crippen LogP contribution in [0.4, 0.5) is 5.69 Å². The van der Waals surface area contributed by atoms with Crippen LogP contribution in [0.1, 0.15) is 32.7 Å². The SMILES string of the molecule is Cc1ccc(CNc2ccnc(C(=O)NCc3cccc(C)c3)c2)cc1. The van der Waals surface area contributed by atoms with Crippen molar-refractivity contribution in [3.05, 3.63) is 94.8 Å². The Hall–Kier alpha value is -3.14. The van der Waals surface area contributed by atoms with Crippen LogP contribution in [-0.4, -0.2) is 10.9 Å². The van der Waals surface area contributed by atoms with Gasteiger partial charge in [0, 0.05) is 25.0 Å². The fourth-order valence-electron chi connectivity index (χ4n) is 2.67. The highest BCUT2D eigenvalue weighted by molar-refractivity contribution is 5.93. The van der Waals surface area contributed by atoms with E-state index in [4.69, 9.17) is 0 Å². The number of pyridine rings is 1. The van der Waals surface area contributed by atoms with Crippen molar-refractivity contribution in [1.29, 1.82) is 0 Å². The normalized spacial score (nSPS) is 10.4. The van der Waals surface area contributed by atoms with Crippen LogP contribution in [-0.2, 0) is 13.1 Å². The molecule has 1 amide bonds. The van der Waals surface area contributed by atoms with E-state index in [-0.39, 0.29) is 5.91 Å². The summed E-state index contributed by atoms with van der Waals surface area (Å²) in [6.07, 6.45) is 1.65. The van der Waals surface area contributed by atoms with Crippen molar-refractivity contribution in [2.75, 3.05) is 5.32 Å². The van der Waals surface area contributed by atoms with E-state index in [1.807, 2.05) is 31.2 Å². The molecule has 0 aliphatic rings. The average molecular weight is 345 g/mol. The molecule has 3 rings (SSSR count). The number of rotatable bonds is 6. The minimum absolute atomic E-state index is 0.175. The lowest BCUT2D eigenvalue weighted by molar-refractivity contribution is 0.0946. The van der Waals surface area contributed by atoms with Gasteiger partial charge in [0.2, 0.25) is 0 Å². The summed E-state index contributed by atoms with van der Waals surface area (Å²) in [5, 5.41) is 6.26. The zero-order chi connectivity index (χ0) is 18.4. The van der Waals surface area contributed by atoms with Crippen molar-refractivity contribution >= 4 is 11.6 Å². The molecule has 132 valence electrons. The van der Waals surface area contributed by atoms with Gasteiger partial charge < -0.3 is 10.6 Å². The number of hydrogen-bond acceptors (Lipinski definition) is 3. The summed E-state index contributed by atoms with van der Waals surface area (Å²) in [7, 11) is 0. The summed E-state index contributed by atoms with van der Waals surface area (Å²) < 4.78 is 0. The summed E-state index contributed by atoms with van der Waals surface area (Å²) in [4.78, 5) is 16.5. The number of hydrogen-bond donors (Lipinski definition) is 2. The van der Waals surface area contributed by atoms with Crippen molar-refractivity contribution in [3.8, 4) is 0 Å². The van der Waals surface area contributed by atoms with Gasteiger partial charge in [-0.3, -0.25) is 9.78 Å². The lowest BCUT2D eigenvalue weighted by atomic mass is 10.1. The Balaban J connectivity index is 1.59. The minimum atomic E-state index is -0.175. The van der Waals surface area contributed by atoms with E-state index >= 15 is 0 Å². The van der Waals surface area contributed by atoms with Gasteiger partial charge in [0.05, 0.1) is 0 Å². The first kappa shape index (κ1) is 17.7. The van der Waals surface area contributed by atoms with Crippen molar-refractivity contribution in [3.63, 3.8) is 0 Å². The van der Waals surface area contributed by atoms with Gasteiger partial charge in [0.1, 0.15) is 5.69 Å². The third-order valence-corrected chi connectivity index (χ3v) is 4.15. The van der Waals surface area contributed by atoms with Gasteiger partial charge >= 0.3 is 0 Å². The molecular weight excluding hydrogens is 322 g/mol. The molecular formula is C22H23N3O. The third-order valence-electron chi connectivity index (χ3n) is 4.15. The van der Waals surface area contributed by atoms with Crippen molar-refractivity contribution in [1.82, 2.24) is 10.3 Å². The van der Waals surface area contributed by atoms with Crippen LogP contribution in [0.2, 0.25) is 0 Å². The van der Waals surface area contributed by atoms with Crippen LogP contribution >= 0.6 is 0 Å². The topological polar surface area (TPSA) is 54.0 Å². The number of carbonyl (C=O) groups is 1. The minimum Gasteiger partial charge on any atom is -0.381 e. The van der Waals surface area contributed by atoms with Crippen LogP contribution in [0.25, 0.3) is 0 Å². The first-order valence-corrected chi connectivity index (χ1v) is 8.69. The highest BCUT2D eigenvalue weighted by atomic mass is 16.1. The lowest BCUT2D eigenvalue weighted by Gasteiger charge is -2.09. The molecule has 1 aromatic heterocycles. The van der Waals surface area contributed by atoms with Gasteiger partial charge in [-0.05, 0) is 37.1 Å². The molecule has 0 spiro atoms. The molecule has 0 atom stereocenters. The Morgan fingerprint density at radius 2 is 1.69 bits per heavy atom. The maximum absolute atomic E-state index is 12.4. The van der Waals surface area contributed by atoms with E-state index in [1.54, 1.807) is 12.3 Å². The van der Waals surface area contributed by atoms with Crippen LogP contribution in [0.5, 0.6) is 0 Å². The monoisotopic (exact) mass is 345 g/mol. The molecule has 0 aliphatic carbocycles. The van der Waals surface area contributed by atoms with E-state index in [2.05, 4.69) is 52.9 Å². The molecule has 2 N–H and O–H groups in total. The van der Waals surface area contributed by atoms with E-state index in [9.17, 15) is 4.79 Å². The fourth-order valence-corrected chi connectivity index (χ4v) is 2.67. The Labute approximate surface area is 154 Å². The highest BCUT2D eigenvalue weighted by Crippen LogP contribution is 2.11. The lowest BCUT2D eigenvalue weighted by Crippen LogP contribution is -2.23. The van der Waals surface area contributed by atoms with Gasteiger partial charge in [-0.25, -0.2) is 0 Å². The molecule has 2 aromatic carbocycles. The molecule has 0 fully saturated rings. The number of nitrogens with zero attached hydrogens (tertiary/aromatic N) is 1. The number of aromatic nitrogens is 1. The molecule has 0 saturated heterocycles. The van der Waals surface area contributed by atoms with Gasteiger partial charge in [-0.15, -0.1) is 0 Å². The molecule has 1 heterocycles. The average Bonchev–Trinajstić information content (AvgIpc) is 2.66. The molecule has 3 aromatic rings. The van der Waals surface area contributed by atoms with E-state index in [0.29, 0.717) is 18.8 Å². The molecule has 4 nitrogen and oxygen atoms in total. The van der Waals surface area contributed by atoms with Crippen LogP contribution < -0.4 is 10.6 Å². The third kappa shape index (κ3) is 4.93. The first-order chi connectivity index (χ1) is 12.6. The Bertz CT molecular complexity index is 888. The van der Waals surface area contributed by atoms with Gasteiger partial charge in [0.15, 0.2) is 0 Å². The molecule has 0 saturated carbocycles. The second-order valence-corrected chi connectivity index (χ2v) is 6.44. The Kier molecular flexibility index (Phi) is 5.64. The number of benzene rings is 2. The zero-order valence-electron chi connectivity index (χ0n) is 15.1. The number of nitrogens with one attached hydrogen (secondary N) is 2. The maximum atomic E-state index is 12.4. The number of carbonyl (C=O) groups excluding carboxylic acids is 1. The molecule has 0 bridgehead atoms. The quantitative estimate of drug-likeness (QED) is 0.702. The Morgan fingerprint density at radius 3 is 2.46 bits per heavy atom. The van der Waals surface area contributed by atoms with Crippen LogP contribution in [0, 0.1) is 13.8 Å². The summed E-state index contributed by atoms with van der Waals surface area (Å²) in [5.74, 6) is -0.175. The molecule has 0 radical (unpaired) electrons. The summed E-state index contributed by atoms with van der Waals surface area (Å²) >= 11 is 0. The van der Waals surface area contributed by atoms with Crippen LogP contribution in [0.15, 0.2) is 66.9 Å². The van der Waals surface area contributed by atoms with Gasteiger partial charge in [-0.2, -0.15) is 0 Å². The van der Waals surface area contributed by atoms with Crippen molar-refractivity contribution in [2.24, 2.45) is 0 Å². The number of amides is 1. The van der Waals surface area contributed by atoms with Gasteiger partial charge in [-0.1, -0.05) is 59.7 Å². The number of aryl methyl sites for hydroxylation is 2. The summed E-state index contributed by atoms with van der Waals surface area (Å²) in [6, 6.07) is 20.1. The predicted molar refractivity (Wildman–Crippen MR) is 105 cm³/mol. The zero-order valence-corrected chi connectivity index (χ0v) is 15.1. The van der Waals surface area contributed by atoms with Gasteiger partial charge in [0.25, 0.3) is 5.91 Å². The molecule has 26 heavy (non-hydrogen) atoms. The molecule has 4 heteroatoms. The van der Waals surface area contributed by atoms with Crippen molar-refractivity contribution < 1.29 is 4.79 Å². The second kappa shape index (κ2) is 8.30. The molecule has 0 unspecified atom stereocenters. The number of anilines is 1. The fraction of sp³-hybridized carbons (Fsp3) is 0.182. The van der Waals surface area contributed by atoms with E-state index < -0.39 is 0 Å². The Morgan fingerprint density at radius 1 is 0.885 bits per heavy atom. The molecule has 0 aliphatic heterocycles. The smallest absolute Gasteiger partial charge is 0.270 e. The van der Waals surface area contributed by atoms with Crippen molar-refractivity contribution in [2.45, 2.75) is 26.9 Å². The van der Waals surface area contributed by atoms with E-state index in [0.717, 1.165) is 11.3 Å². The summed E-state index contributed by atoms with van der Waals surface area (Å²) in [6.45, 7) is 5.30. The summed E-state index contributed by atoms with van der Waals surface area (Å²) in [5.41, 5.74) is 5.97. The predicted octanol–water partition coefficient (Wildman–Crippen LogP) is 4.24. The second-order valence-electron chi connectivity index (χ2n) is 6.44. The standard InChI is InChI=1S/C22H23N3O/c1-16-6-8-18(9-7-16)14-24-20-10-11-23-21(13-20)22(26)25-15-19-5-3-4-17(2)12-19/h3-13H,14-15H2,1-2H3,(H,23,24)(H,25,26). The first-order valence-electron chi connectivity index (χ1n) is 8.69. The maximum Gasteiger partial charge on any atom is 0.270 e.